The Morgan fingerprint density at radius 1 is 1.14 bits per heavy atom. The Morgan fingerprint density at radius 2 is 1.95 bits per heavy atom. The number of hydrogen-bond donors (Lipinski definition) is 2. The summed E-state index contributed by atoms with van der Waals surface area (Å²) in [5.41, 5.74) is 2.67. The highest BCUT2D eigenvalue weighted by Crippen LogP contribution is 2.62. The Bertz CT molecular complexity index is 494. The van der Waals surface area contributed by atoms with E-state index in [4.69, 9.17) is 0 Å². The van der Waals surface area contributed by atoms with Gasteiger partial charge in [-0.1, -0.05) is 25.2 Å². The first-order valence-electron chi connectivity index (χ1n) is 8.73. The van der Waals surface area contributed by atoms with Crippen molar-refractivity contribution in [3.05, 3.63) is 23.8 Å². The molecule has 3 saturated carbocycles. The van der Waals surface area contributed by atoms with Crippen LogP contribution in [0.2, 0.25) is 0 Å². The van der Waals surface area contributed by atoms with Gasteiger partial charge in [-0.05, 0) is 74.2 Å². The third-order valence-electron chi connectivity index (χ3n) is 7.35. The predicted molar refractivity (Wildman–Crippen MR) is 83.6 cm³/mol. The van der Waals surface area contributed by atoms with Gasteiger partial charge in [0.25, 0.3) is 0 Å². The van der Waals surface area contributed by atoms with E-state index in [-0.39, 0.29) is 17.6 Å². The molecule has 2 nitrogen and oxygen atoms in total. The highest BCUT2D eigenvalue weighted by Gasteiger charge is 2.56. The molecule has 4 rings (SSSR count). The molecule has 0 aliphatic heterocycles. The highest BCUT2D eigenvalue weighted by molar-refractivity contribution is 5.25. The summed E-state index contributed by atoms with van der Waals surface area (Å²) in [6.45, 7) is 6.43. The van der Waals surface area contributed by atoms with Crippen molar-refractivity contribution >= 4 is 0 Å². The Balaban J connectivity index is 1.64. The van der Waals surface area contributed by atoms with Gasteiger partial charge in [0.05, 0.1) is 12.2 Å². The maximum Gasteiger partial charge on any atom is 0.0804 e. The lowest BCUT2D eigenvalue weighted by Gasteiger charge is -2.52. The molecule has 0 aromatic carbocycles. The highest BCUT2D eigenvalue weighted by atomic mass is 16.3. The minimum absolute atomic E-state index is 0.0672. The van der Waals surface area contributed by atoms with Crippen molar-refractivity contribution < 1.29 is 10.2 Å². The van der Waals surface area contributed by atoms with Gasteiger partial charge in [-0.2, -0.15) is 0 Å². The standard InChI is InChI=1S/C19H28O2/c1-11-9-17-16-5-3-12-10-13(20)4-6-14(12)15(16)7-8-19(17,2)18(11)21/h3,13-18,20-21H,1,4-10H2,2H3/t13-,14+,15?,16?,17?,18+,19+/m1/s1. The van der Waals surface area contributed by atoms with E-state index in [2.05, 4.69) is 19.6 Å². The molecule has 0 spiro atoms. The zero-order chi connectivity index (χ0) is 14.8. The summed E-state index contributed by atoms with van der Waals surface area (Å²) in [5, 5.41) is 20.5. The van der Waals surface area contributed by atoms with E-state index >= 15 is 0 Å². The molecule has 3 unspecified atom stereocenters. The van der Waals surface area contributed by atoms with Gasteiger partial charge in [0, 0.05) is 5.41 Å². The Kier molecular flexibility index (Phi) is 3.14. The molecular formula is C19H28O2. The van der Waals surface area contributed by atoms with Crippen LogP contribution in [0.25, 0.3) is 0 Å². The van der Waals surface area contributed by atoms with E-state index in [9.17, 15) is 10.2 Å². The average molecular weight is 288 g/mol. The van der Waals surface area contributed by atoms with E-state index in [0.29, 0.717) is 11.8 Å². The number of aliphatic hydroxyl groups excluding tert-OH is 2. The van der Waals surface area contributed by atoms with E-state index in [1.54, 1.807) is 0 Å². The zero-order valence-electron chi connectivity index (χ0n) is 13.1. The number of hydrogen-bond acceptors (Lipinski definition) is 2. The molecule has 0 heterocycles. The van der Waals surface area contributed by atoms with Gasteiger partial charge in [0.1, 0.15) is 0 Å². The first-order valence-corrected chi connectivity index (χ1v) is 8.73. The lowest BCUT2D eigenvalue weighted by atomic mass is 9.53. The van der Waals surface area contributed by atoms with Crippen LogP contribution in [0.5, 0.6) is 0 Å². The monoisotopic (exact) mass is 288 g/mol. The molecule has 0 aromatic rings. The van der Waals surface area contributed by atoms with E-state index in [1.165, 1.54) is 18.4 Å². The third-order valence-corrected chi connectivity index (χ3v) is 7.35. The second kappa shape index (κ2) is 4.70. The van der Waals surface area contributed by atoms with Crippen molar-refractivity contribution in [2.45, 2.75) is 64.1 Å². The Hall–Kier alpha value is -0.600. The fraction of sp³-hybridized carbons (Fsp3) is 0.789. The molecule has 0 saturated heterocycles. The quantitative estimate of drug-likeness (QED) is 0.670. The molecular weight excluding hydrogens is 260 g/mol. The van der Waals surface area contributed by atoms with Gasteiger partial charge in [0.15, 0.2) is 0 Å². The molecule has 0 radical (unpaired) electrons. The normalized spacial score (nSPS) is 52.7. The van der Waals surface area contributed by atoms with Crippen molar-refractivity contribution in [3.63, 3.8) is 0 Å². The number of allylic oxidation sites excluding steroid dienone is 1. The van der Waals surface area contributed by atoms with Crippen LogP contribution in [0.15, 0.2) is 23.8 Å². The third kappa shape index (κ3) is 1.91. The minimum atomic E-state index is -0.290. The van der Waals surface area contributed by atoms with Crippen LogP contribution in [0, 0.1) is 29.1 Å². The van der Waals surface area contributed by atoms with Crippen LogP contribution in [0.3, 0.4) is 0 Å². The Labute approximate surface area is 127 Å². The summed E-state index contributed by atoms with van der Waals surface area (Å²) in [7, 11) is 0. The first-order chi connectivity index (χ1) is 10.0. The molecule has 0 bridgehead atoms. The molecule has 2 heteroatoms. The zero-order valence-corrected chi connectivity index (χ0v) is 13.1. The predicted octanol–water partition coefficient (Wildman–Crippen LogP) is 3.45. The fourth-order valence-electron chi connectivity index (χ4n) is 6.18. The van der Waals surface area contributed by atoms with Crippen LogP contribution in [0.4, 0.5) is 0 Å². The van der Waals surface area contributed by atoms with E-state index in [0.717, 1.165) is 49.5 Å². The topological polar surface area (TPSA) is 40.5 Å². The molecule has 4 aliphatic carbocycles. The minimum Gasteiger partial charge on any atom is -0.393 e. The average Bonchev–Trinajstić information content (AvgIpc) is 2.70. The Morgan fingerprint density at radius 3 is 2.76 bits per heavy atom. The molecule has 116 valence electrons. The molecule has 4 aliphatic rings. The van der Waals surface area contributed by atoms with Crippen molar-refractivity contribution in [2.24, 2.45) is 29.1 Å². The summed E-state index contributed by atoms with van der Waals surface area (Å²) >= 11 is 0. The largest absolute Gasteiger partial charge is 0.393 e. The van der Waals surface area contributed by atoms with E-state index < -0.39 is 0 Å². The maximum atomic E-state index is 10.6. The lowest BCUT2D eigenvalue weighted by Crippen LogP contribution is -2.47. The van der Waals surface area contributed by atoms with Gasteiger partial charge >= 0.3 is 0 Å². The molecule has 0 aromatic heterocycles. The summed E-state index contributed by atoms with van der Waals surface area (Å²) in [6.07, 6.45) is 9.67. The maximum absolute atomic E-state index is 10.6. The SMILES string of the molecule is C=C1CC2C3CC=C4C[C@H](O)CC[C@@H]4C3CC[C@]2(C)[C@H]1O. The molecule has 21 heavy (non-hydrogen) atoms. The number of rotatable bonds is 0. The first kappa shape index (κ1) is 14.0. The molecule has 2 N–H and O–H groups in total. The van der Waals surface area contributed by atoms with Crippen LogP contribution in [-0.4, -0.2) is 22.4 Å². The van der Waals surface area contributed by atoms with Gasteiger partial charge in [-0.25, -0.2) is 0 Å². The number of fused-ring (bicyclic) bond motifs is 5. The van der Waals surface area contributed by atoms with Gasteiger partial charge in [-0.15, -0.1) is 0 Å². The smallest absolute Gasteiger partial charge is 0.0804 e. The summed E-state index contributed by atoms with van der Waals surface area (Å²) in [6, 6.07) is 0. The van der Waals surface area contributed by atoms with Crippen molar-refractivity contribution in [3.8, 4) is 0 Å². The fourth-order valence-corrected chi connectivity index (χ4v) is 6.18. The molecule has 0 amide bonds. The van der Waals surface area contributed by atoms with Gasteiger partial charge < -0.3 is 10.2 Å². The van der Waals surface area contributed by atoms with Crippen molar-refractivity contribution in [1.29, 1.82) is 0 Å². The van der Waals surface area contributed by atoms with Crippen LogP contribution in [0.1, 0.15) is 51.9 Å². The summed E-state index contributed by atoms with van der Waals surface area (Å²) in [4.78, 5) is 0. The van der Waals surface area contributed by atoms with Crippen LogP contribution < -0.4 is 0 Å². The summed E-state index contributed by atoms with van der Waals surface area (Å²) < 4.78 is 0. The summed E-state index contributed by atoms with van der Waals surface area (Å²) in [5.74, 6) is 2.83. The second-order valence-corrected chi connectivity index (χ2v) is 8.30. The van der Waals surface area contributed by atoms with Crippen LogP contribution in [-0.2, 0) is 0 Å². The van der Waals surface area contributed by atoms with Gasteiger partial charge in [0.2, 0.25) is 0 Å². The van der Waals surface area contributed by atoms with Gasteiger partial charge in [-0.3, -0.25) is 0 Å². The second-order valence-electron chi connectivity index (χ2n) is 8.30. The lowest BCUT2D eigenvalue weighted by molar-refractivity contribution is -0.0459. The van der Waals surface area contributed by atoms with Crippen molar-refractivity contribution in [1.82, 2.24) is 0 Å². The van der Waals surface area contributed by atoms with E-state index in [1.807, 2.05) is 0 Å². The van der Waals surface area contributed by atoms with Crippen LogP contribution >= 0.6 is 0 Å². The number of aliphatic hydroxyl groups is 2. The molecule has 7 atom stereocenters. The molecule has 3 fully saturated rings. The van der Waals surface area contributed by atoms with Crippen molar-refractivity contribution in [2.75, 3.05) is 0 Å².